The number of carboxylic acid groups (broad SMARTS) is 1. The highest BCUT2D eigenvalue weighted by Crippen LogP contribution is 2.15. The molecule has 0 fully saturated rings. The van der Waals surface area contributed by atoms with Crippen molar-refractivity contribution in [2.75, 3.05) is 0 Å². The van der Waals surface area contributed by atoms with E-state index in [1.165, 1.54) is 23.9 Å². The van der Waals surface area contributed by atoms with Crippen LogP contribution in [-0.2, 0) is 11.2 Å². The summed E-state index contributed by atoms with van der Waals surface area (Å²) in [4.78, 5) is 33.9. The second-order valence-corrected chi connectivity index (χ2v) is 5.39. The van der Waals surface area contributed by atoms with Crippen molar-refractivity contribution in [3.63, 3.8) is 0 Å². The molecule has 0 aliphatic rings. The molecule has 21 heavy (non-hydrogen) atoms. The number of carbonyl (C=O) groups excluding carboxylic acids is 1. The van der Waals surface area contributed by atoms with Gasteiger partial charge in [-0.05, 0) is 6.92 Å². The lowest BCUT2D eigenvalue weighted by atomic mass is 10.1. The first-order valence-electron chi connectivity index (χ1n) is 6.19. The molecule has 9 heteroatoms. The van der Waals surface area contributed by atoms with Crippen LogP contribution >= 0.6 is 11.3 Å². The third kappa shape index (κ3) is 3.86. The number of carbonyl (C=O) groups is 2. The number of thiazole rings is 1. The maximum absolute atomic E-state index is 12.0. The molecule has 2 aromatic rings. The van der Waals surface area contributed by atoms with Crippen LogP contribution in [-0.4, -0.2) is 38.0 Å². The Hall–Kier alpha value is -2.26. The molecule has 0 aliphatic carbocycles. The van der Waals surface area contributed by atoms with Crippen LogP contribution in [0.1, 0.15) is 34.2 Å². The Labute approximate surface area is 124 Å². The molecule has 5 N–H and O–H groups in total. The normalized spacial score (nSPS) is 13.6. The molecule has 0 spiro atoms. The highest BCUT2D eigenvalue weighted by Gasteiger charge is 2.23. The minimum absolute atomic E-state index is 0.116. The molecule has 112 valence electrons. The number of imidazole rings is 1. The Morgan fingerprint density at radius 1 is 1.57 bits per heavy atom. The van der Waals surface area contributed by atoms with Gasteiger partial charge in [0.15, 0.2) is 0 Å². The molecule has 0 radical (unpaired) electrons. The van der Waals surface area contributed by atoms with Gasteiger partial charge in [0.25, 0.3) is 5.91 Å². The van der Waals surface area contributed by atoms with E-state index in [2.05, 4.69) is 20.3 Å². The Bertz CT molecular complexity index is 623. The number of hydrogen-bond donors (Lipinski definition) is 4. The first-order chi connectivity index (χ1) is 9.97. The van der Waals surface area contributed by atoms with Crippen LogP contribution in [0, 0.1) is 0 Å². The Morgan fingerprint density at radius 3 is 2.86 bits per heavy atom. The zero-order chi connectivity index (χ0) is 15.4. The molecule has 1 amide bonds. The molecule has 2 rings (SSSR count). The summed E-state index contributed by atoms with van der Waals surface area (Å²) < 4.78 is 0. The average Bonchev–Trinajstić information content (AvgIpc) is 3.08. The SMILES string of the molecule is CC(N)c1nc(C(=O)NC(Cc2cnc[nH]2)C(=O)O)cs1. The van der Waals surface area contributed by atoms with Crippen LogP contribution in [0.4, 0.5) is 0 Å². The zero-order valence-electron chi connectivity index (χ0n) is 11.2. The predicted molar refractivity (Wildman–Crippen MR) is 75.9 cm³/mol. The summed E-state index contributed by atoms with van der Waals surface area (Å²) in [5, 5.41) is 13.8. The van der Waals surface area contributed by atoms with E-state index in [0.717, 1.165) is 0 Å². The van der Waals surface area contributed by atoms with Crippen molar-refractivity contribution in [2.45, 2.75) is 25.4 Å². The van der Waals surface area contributed by atoms with Crippen LogP contribution in [0.25, 0.3) is 0 Å². The molecular formula is C12H15N5O3S. The van der Waals surface area contributed by atoms with Gasteiger partial charge in [0, 0.05) is 23.7 Å². The van der Waals surface area contributed by atoms with Crippen molar-refractivity contribution in [1.29, 1.82) is 0 Å². The molecule has 0 aromatic carbocycles. The minimum Gasteiger partial charge on any atom is -0.480 e. The fourth-order valence-corrected chi connectivity index (χ4v) is 2.41. The van der Waals surface area contributed by atoms with E-state index in [9.17, 15) is 14.7 Å². The monoisotopic (exact) mass is 309 g/mol. The number of nitrogens with one attached hydrogen (secondary N) is 2. The number of hydrogen-bond acceptors (Lipinski definition) is 6. The lowest BCUT2D eigenvalue weighted by Crippen LogP contribution is -2.42. The van der Waals surface area contributed by atoms with Crippen molar-refractivity contribution in [1.82, 2.24) is 20.3 Å². The van der Waals surface area contributed by atoms with Gasteiger partial charge in [-0.2, -0.15) is 0 Å². The van der Waals surface area contributed by atoms with Gasteiger partial charge in [-0.1, -0.05) is 0 Å². The van der Waals surface area contributed by atoms with Gasteiger partial charge in [0.05, 0.1) is 12.4 Å². The first kappa shape index (κ1) is 15.1. The molecule has 2 unspecified atom stereocenters. The van der Waals surface area contributed by atoms with Crippen LogP contribution in [0.5, 0.6) is 0 Å². The number of carboxylic acids is 1. The Balaban J connectivity index is 2.05. The van der Waals surface area contributed by atoms with E-state index in [1.807, 2.05) is 0 Å². The van der Waals surface area contributed by atoms with E-state index >= 15 is 0 Å². The number of nitrogens with zero attached hydrogens (tertiary/aromatic N) is 2. The number of aromatic amines is 1. The number of rotatable bonds is 6. The van der Waals surface area contributed by atoms with Gasteiger partial charge < -0.3 is 21.1 Å². The van der Waals surface area contributed by atoms with E-state index in [-0.39, 0.29) is 18.2 Å². The maximum atomic E-state index is 12.0. The summed E-state index contributed by atoms with van der Waals surface area (Å²) >= 11 is 1.27. The molecule has 2 aromatic heterocycles. The van der Waals surface area contributed by atoms with Crippen molar-refractivity contribution >= 4 is 23.2 Å². The van der Waals surface area contributed by atoms with Gasteiger partial charge >= 0.3 is 5.97 Å². The van der Waals surface area contributed by atoms with Crippen molar-refractivity contribution in [3.8, 4) is 0 Å². The van der Waals surface area contributed by atoms with Crippen LogP contribution in [0.15, 0.2) is 17.9 Å². The quantitative estimate of drug-likeness (QED) is 0.607. The lowest BCUT2D eigenvalue weighted by Gasteiger charge is -2.12. The van der Waals surface area contributed by atoms with Gasteiger partial charge in [-0.15, -0.1) is 11.3 Å². The van der Waals surface area contributed by atoms with E-state index < -0.39 is 17.9 Å². The molecule has 0 bridgehead atoms. The molecule has 0 saturated carbocycles. The molecule has 2 heterocycles. The third-order valence-corrected chi connectivity index (χ3v) is 3.77. The molecule has 0 saturated heterocycles. The number of amides is 1. The van der Waals surface area contributed by atoms with Crippen molar-refractivity contribution in [3.05, 3.63) is 34.3 Å². The first-order valence-corrected chi connectivity index (χ1v) is 7.07. The summed E-state index contributed by atoms with van der Waals surface area (Å²) in [5.74, 6) is -1.66. The topological polar surface area (TPSA) is 134 Å². The Kier molecular flexibility index (Phi) is 4.66. The second-order valence-electron chi connectivity index (χ2n) is 4.50. The van der Waals surface area contributed by atoms with Gasteiger partial charge in [0.2, 0.25) is 0 Å². The smallest absolute Gasteiger partial charge is 0.326 e. The van der Waals surface area contributed by atoms with E-state index in [4.69, 9.17) is 5.73 Å². The second kappa shape index (κ2) is 6.46. The van der Waals surface area contributed by atoms with Crippen molar-refractivity contribution in [2.24, 2.45) is 5.73 Å². The van der Waals surface area contributed by atoms with Crippen LogP contribution in [0.3, 0.4) is 0 Å². The molecule has 8 nitrogen and oxygen atoms in total. The number of H-pyrrole nitrogens is 1. The fourth-order valence-electron chi connectivity index (χ4n) is 1.65. The Morgan fingerprint density at radius 2 is 2.33 bits per heavy atom. The summed E-state index contributed by atoms with van der Waals surface area (Å²) in [5.41, 5.74) is 6.47. The molecule has 2 atom stereocenters. The highest BCUT2D eigenvalue weighted by molar-refractivity contribution is 7.09. The summed E-state index contributed by atoms with van der Waals surface area (Å²) in [6, 6.07) is -1.32. The number of aliphatic carboxylic acids is 1. The minimum atomic E-state index is -1.12. The third-order valence-electron chi connectivity index (χ3n) is 2.73. The molecular weight excluding hydrogens is 294 g/mol. The fraction of sp³-hybridized carbons (Fsp3) is 0.333. The predicted octanol–water partition coefficient (Wildman–Crippen LogP) is 0.312. The van der Waals surface area contributed by atoms with Crippen LogP contribution in [0.2, 0.25) is 0 Å². The van der Waals surface area contributed by atoms with E-state index in [0.29, 0.717) is 10.7 Å². The summed E-state index contributed by atoms with van der Waals surface area (Å²) in [7, 11) is 0. The highest BCUT2D eigenvalue weighted by atomic mass is 32.1. The number of aromatic nitrogens is 3. The summed E-state index contributed by atoms with van der Waals surface area (Å²) in [6.07, 6.45) is 3.08. The lowest BCUT2D eigenvalue weighted by molar-refractivity contribution is -0.139. The van der Waals surface area contributed by atoms with Gasteiger partial charge in [0.1, 0.15) is 16.7 Å². The largest absolute Gasteiger partial charge is 0.480 e. The van der Waals surface area contributed by atoms with Crippen molar-refractivity contribution < 1.29 is 14.7 Å². The van der Waals surface area contributed by atoms with E-state index in [1.54, 1.807) is 12.3 Å². The average molecular weight is 309 g/mol. The van der Waals surface area contributed by atoms with Crippen LogP contribution < -0.4 is 11.1 Å². The van der Waals surface area contributed by atoms with Gasteiger partial charge in [-0.25, -0.2) is 14.8 Å². The number of nitrogens with two attached hydrogens (primary N) is 1. The zero-order valence-corrected chi connectivity index (χ0v) is 12.1. The summed E-state index contributed by atoms with van der Waals surface area (Å²) in [6.45, 7) is 1.76. The standard InChI is InChI=1S/C12H15N5O3S/c1-6(13)11-17-9(4-21-11)10(18)16-8(12(19)20)2-7-3-14-5-15-7/h3-6,8H,2,13H2,1H3,(H,14,15)(H,16,18)(H,19,20). The van der Waals surface area contributed by atoms with Gasteiger partial charge in [-0.3, -0.25) is 4.79 Å². The molecule has 0 aliphatic heterocycles. The maximum Gasteiger partial charge on any atom is 0.326 e.